The highest BCUT2D eigenvalue weighted by atomic mass is 19.1. The van der Waals surface area contributed by atoms with Gasteiger partial charge in [0.1, 0.15) is 5.82 Å². The van der Waals surface area contributed by atoms with Crippen molar-refractivity contribution in [3.05, 3.63) is 103 Å². The molecule has 1 fully saturated rings. The zero-order chi connectivity index (χ0) is 22.4. The van der Waals surface area contributed by atoms with Gasteiger partial charge in [-0.2, -0.15) is 0 Å². The zero-order valence-corrected chi connectivity index (χ0v) is 18.1. The first-order valence-corrected chi connectivity index (χ1v) is 10.9. The molecule has 32 heavy (non-hydrogen) atoms. The van der Waals surface area contributed by atoms with Crippen LogP contribution in [-0.4, -0.2) is 35.4 Å². The Morgan fingerprint density at radius 2 is 1.81 bits per heavy atom. The average Bonchev–Trinajstić information content (AvgIpc) is 3.22. The number of hydrogen-bond acceptors (Lipinski definition) is 3. The molecule has 1 aliphatic rings. The van der Waals surface area contributed by atoms with Crippen molar-refractivity contribution in [1.29, 1.82) is 0 Å². The van der Waals surface area contributed by atoms with Crippen molar-refractivity contribution in [1.82, 2.24) is 15.2 Å². The molecule has 0 bridgehead atoms. The number of carbonyl (C=O) groups is 1. The molecule has 0 spiro atoms. The quantitative estimate of drug-likeness (QED) is 0.531. The molecule has 164 valence electrons. The number of halogens is 1. The number of carbonyl (C=O) groups excluding carboxylic acids is 1. The number of benzene rings is 2. The van der Waals surface area contributed by atoms with Crippen molar-refractivity contribution in [2.45, 2.75) is 19.4 Å². The topological polar surface area (TPSA) is 45.2 Å². The van der Waals surface area contributed by atoms with Gasteiger partial charge in [0.25, 0.3) is 0 Å². The van der Waals surface area contributed by atoms with E-state index in [1.807, 2.05) is 42.5 Å². The minimum Gasteiger partial charge on any atom is -0.352 e. The maximum Gasteiger partial charge on any atom is 0.228 e. The maximum absolute atomic E-state index is 14.6. The third-order valence-electron chi connectivity index (χ3n) is 6.19. The zero-order valence-electron chi connectivity index (χ0n) is 18.1. The van der Waals surface area contributed by atoms with Crippen molar-refractivity contribution in [2.75, 3.05) is 19.6 Å². The molecule has 0 aliphatic carbocycles. The molecule has 1 saturated heterocycles. The molecular formula is C27H28FN3O. The predicted molar refractivity (Wildman–Crippen MR) is 125 cm³/mol. The molecule has 0 radical (unpaired) electrons. The third kappa shape index (κ3) is 4.78. The number of nitrogens with one attached hydrogen (secondary N) is 1. The van der Waals surface area contributed by atoms with Crippen molar-refractivity contribution in [3.63, 3.8) is 0 Å². The molecule has 2 aromatic carbocycles. The normalized spacial score (nSPS) is 18.4. The second-order valence-electron chi connectivity index (χ2n) is 8.41. The molecule has 1 aliphatic heterocycles. The van der Waals surface area contributed by atoms with Crippen LogP contribution >= 0.6 is 0 Å². The van der Waals surface area contributed by atoms with E-state index in [2.05, 4.69) is 21.8 Å². The van der Waals surface area contributed by atoms with Crippen LogP contribution in [0.2, 0.25) is 0 Å². The molecular weight excluding hydrogens is 401 g/mol. The summed E-state index contributed by atoms with van der Waals surface area (Å²) in [7, 11) is 0. The predicted octanol–water partition coefficient (Wildman–Crippen LogP) is 4.62. The van der Waals surface area contributed by atoms with Crippen molar-refractivity contribution < 1.29 is 9.18 Å². The number of pyridine rings is 1. The molecule has 1 amide bonds. The number of likely N-dealkylation sites (tertiary alicyclic amines) is 1. The second kappa shape index (κ2) is 9.88. The summed E-state index contributed by atoms with van der Waals surface area (Å²) in [6, 6.07) is 18.6. The first-order valence-electron chi connectivity index (χ1n) is 10.9. The van der Waals surface area contributed by atoms with E-state index >= 15 is 0 Å². The first kappa shape index (κ1) is 21.9. The van der Waals surface area contributed by atoms with Crippen LogP contribution < -0.4 is 5.32 Å². The summed E-state index contributed by atoms with van der Waals surface area (Å²) in [6.07, 6.45) is 6.57. The van der Waals surface area contributed by atoms with Gasteiger partial charge >= 0.3 is 0 Å². The monoisotopic (exact) mass is 429 g/mol. The Kier molecular flexibility index (Phi) is 6.76. The highest BCUT2D eigenvalue weighted by Crippen LogP contribution is 2.38. The Bertz CT molecular complexity index is 1090. The van der Waals surface area contributed by atoms with Crippen LogP contribution in [0, 0.1) is 11.2 Å². The molecule has 1 N–H and O–H groups in total. The minimum atomic E-state index is -0.586. The van der Waals surface area contributed by atoms with Gasteiger partial charge in [-0.25, -0.2) is 4.39 Å². The summed E-state index contributed by atoms with van der Waals surface area (Å²) in [5.41, 5.74) is 2.98. The number of hydrogen-bond donors (Lipinski definition) is 1. The van der Waals surface area contributed by atoms with Gasteiger partial charge < -0.3 is 5.32 Å². The van der Waals surface area contributed by atoms with Gasteiger partial charge in [0.15, 0.2) is 0 Å². The SMILES string of the molecule is C=CCNC(=O)C1(Cc2ccccc2-c2ccccc2F)CCN(Cc2ccncc2)C1. The van der Waals surface area contributed by atoms with E-state index in [1.165, 1.54) is 11.6 Å². The van der Waals surface area contributed by atoms with Gasteiger partial charge in [0.2, 0.25) is 5.91 Å². The Morgan fingerprint density at radius 3 is 2.56 bits per heavy atom. The highest BCUT2D eigenvalue weighted by molar-refractivity contribution is 5.84. The molecule has 3 aromatic rings. The van der Waals surface area contributed by atoms with Crippen LogP contribution in [0.5, 0.6) is 0 Å². The Labute approximate surface area is 188 Å². The lowest BCUT2D eigenvalue weighted by Crippen LogP contribution is -2.44. The van der Waals surface area contributed by atoms with Crippen LogP contribution in [-0.2, 0) is 17.8 Å². The van der Waals surface area contributed by atoms with E-state index in [0.717, 1.165) is 30.6 Å². The Morgan fingerprint density at radius 1 is 1.09 bits per heavy atom. The molecule has 5 heteroatoms. The Hall–Kier alpha value is -3.31. The fourth-order valence-electron chi connectivity index (χ4n) is 4.58. The molecule has 4 rings (SSSR count). The molecule has 4 nitrogen and oxygen atoms in total. The maximum atomic E-state index is 14.6. The van der Waals surface area contributed by atoms with Crippen LogP contribution in [0.25, 0.3) is 11.1 Å². The van der Waals surface area contributed by atoms with Gasteiger partial charge in [-0.1, -0.05) is 48.5 Å². The number of aromatic nitrogens is 1. The number of rotatable bonds is 8. The van der Waals surface area contributed by atoms with E-state index in [-0.39, 0.29) is 11.7 Å². The second-order valence-corrected chi connectivity index (χ2v) is 8.41. The van der Waals surface area contributed by atoms with Crippen LogP contribution in [0.3, 0.4) is 0 Å². The molecule has 0 saturated carbocycles. The molecule has 1 aromatic heterocycles. The lowest BCUT2D eigenvalue weighted by atomic mass is 9.78. The summed E-state index contributed by atoms with van der Waals surface area (Å²) in [5.74, 6) is -0.228. The number of amides is 1. The van der Waals surface area contributed by atoms with Gasteiger partial charge in [0.05, 0.1) is 5.41 Å². The van der Waals surface area contributed by atoms with Gasteiger partial charge in [-0.3, -0.25) is 14.7 Å². The lowest BCUT2D eigenvalue weighted by Gasteiger charge is -2.29. The third-order valence-corrected chi connectivity index (χ3v) is 6.19. The summed E-state index contributed by atoms with van der Waals surface area (Å²) in [5, 5.41) is 3.02. The van der Waals surface area contributed by atoms with Crippen molar-refractivity contribution in [3.8, 4) is 11.1 Å². The van der Waals surface area contributed by atoms with E-state index in [4.69, 9.17) is 0 Å². The molecule has 1 atom stereocenters. The lowest BCUT2D eigenvalue weighted by molar-refractivity contribution is -0.130. The summed E-state index contributed by atoms with van der Waals surface area (Å²) in [4.78, 5) is 19.8. The molecule has 2 heterocycles. The average molecular weight is 430 g/mol. The van der Waals surface area contributed by atoms with Crippen LogP contribution in [0.4, 0.5) is 4.39 Å². The smallest absolute Gasteiger partial charge is 0.228 e. The Balaban J connectivity index is 1.64. The highest BCUT2D eigenvalue weighted by Gasteiger charge is 2.44. The van der Waals surface area contributed by atoms with Crippen molar-refractivity contribution in [2.24, 2.45) is 5.41 Å². The van der Waals surface area contributed by atoms with E-state index in [9.17, 15) is 9.18 Å². The van der Waals surface area contributed by atoms with Crippen LogP contribution in [0.15, 0.2) is 85.7 Å². The number of nitrogens with zero attached hydrogens (tertiary/aromatic N) is 2. The summed E-state index contributed by atoms with van der Waals surface area (Å²) in [6.45, 7) is 6.40. The fraction of sp³-hybridized carbons (Fsp3) is 0.259. The summed E-state index contributed by atoms with van der Waals surface area (Å²) < 4.78 is 14.6. The fourth-order valence-corrected chi connectivity index (χ4v) is 4.58. The van der Waals surface area contributed by atoms with E-state index < -0.39 is 5.41 Å². The van der Waals surface area contributed by atoms with Crippen LogP contribution in [0.1, 0.15) is 17.5 Å². The standard InChI is InChI=1S/C27H28FN3O/c1-2-14-30-26(32)27(13-17-31(20-27)19-21-11-15-29-16-12-21)18-22-7-3-4-8-23(22)24-9-5-6-10-25(24)28/h2-12,15-16H,1,13-14,17-20H2,(H,30,32). The first-order chi connectivity index (χ1) is 15.6. The molecule has 1 unspecified atom stereocenters. The summed E-state index contributed by atoms with van der Waals surface area (Å²) >= 11 is 0. The van der Waals surface area contributed by atoms with Gasteiger partial charge in [-0.05, 0) is 54.3 Å². The van der Waals surface area contributed by atoms with Crippen molar-refractivity contribution >= 4 is 5.91 Å². The minimum absolute atomic E-state index is 0.0259. The largest absolute Gasteiger partial charge is 0.352 e. The van der Waals surface area contributed by atoms with Gasteiger partial charge in [-0.15, -0.1) is 6.58 Å². The van der Waals surface area contributed by atoms with Gasteiger partial charge in [0, 0.05) is 37.6 Å². The van der Waals surface area contributed by atoms with E-state index in [0.29, 0.717) is 25.1 Å². The van der Waals surface area contributed by atoms with E-state index in [1.54, 1.807) is 30.6 Å².